The average Bonchev–Trinajstić information content (AvgIpc) is 2.85. The largest absolute Gasteiger partial charge is 0.333 e. The van der Waals surface area contributed by atoms with Gasteiger partial charge in [0, 0.05) is 17.6 Å². The molecule has 0 spiro atoms. The van der Waals surface area contributed by atoms with Crippen molar-refractivity contribution in [1.29, 1.82) is 0 Å². The molecule has 3 atom stereocenters. The summed E-state index contributed by atoms with van der Waals surface area (Å²) in [6.07, 6.45) is 4.14. The highest BCUT2D eigenvalue weighted by atomic mass is 19.1. The summed E-state index contributed by atoms with van der Waals surface area (Å²) in [7, 11) is 0. The smallest absolute Gasteiger partial charge is 0.254 e. The van der Waals surface area contributed by atoms with E-state index in [2.05, 4.69) is 4.90 Å². The average molecular weight is 323 g/mol. The minimum Gasteiger partial charge on any atom is -0.333 e. The zero-order chi connectivity index (χ0) is 16.7. The van der Waals surface area contributed by atoms with Crippen LogP contribution in [0.5, 0.6) is 0 Å². The highest BCUT2D eigenvalue weighted by Crippen LogP contribution is 2.43. The van der Waals surface area contributed by atoms with Gasteiger partial charge in [-0.1, -0.05) is 29.8 Å². The molecule has 24 heavy (non-hydrogen) atoms. The maximum Gasteiger partial charge on any atom is 0.254 e. The number of halogens is 1. The Bertz CT molecular complexity index is 723. The summed E-state index contributed by atoms with van der Waals surface area (Å²) >= 11 is 0. The second-order valence-electron chi connectivity index (χ2n) is 7.18. The molecule has 0 saturated carbocycles. The Labute approximate surface area is 142 Å². The molecule has 0 aliphatic carbocycles. The fourth-order valence-corrected chi connectivity index (χ4v) is 4.36. The lowest BCUT2D eigenvalue weighted by Gasteiger charge is -2.39. The van der Waals surface area contributed by atoms with E-state index in [1.807, 2.05) is 43.3 Å². The molecule has 2 aliphatic heterocycles. The first-order valence-corrected chi connectivity index (χ1v) is 8.76. The standard InChI is InChI=1S/C21H22FNO/c1-14-2-4-16(5-3-14)21(24)23-19-10-11-20(23)13-17(12-19)15-6-8-18(22)9-7-15/h2-9,17,19-20H,10-13H2,1H3/t17?,19-,20+. The quantitative estimate of drug-likeness (QED) is 0.785. The molecule has 0 N–H and O–H groups in total. The molecule has 2 aromatic rings. The lowest BCUT2D eigenvalue weighted by Crippen LogP contribution is -2.46. The van der Waals surface area contributed by atoms with E-state index in [4.69, 9.17) is 0 Å². The van der Waals surface area contributed by atoms with Crippen LogP contribution >= 0.6 is 0 Å². The number of hydrogen-bond acceptors (Lipinski definition) is 1. The summed E-state index contributed by atoms with van der Waals surface area (Å²) in [5, 5.41) is 0. The number of hydrogen-bond donors (Lipinski definition) is 0. The van der Waals surface area contributed by atoms with Crippen LogP contribution in [0.1, 0.15) is 53.1 Å². The number of carbonyl (C=O) groups is 1. The van der Waals surface area contributed by atoms with Crippen LogP contribution in [-0.2, 0) is 0 Å². The van der Waals surface area contributed by atoms with Crippen LogP contribution in [0.2, 0.25) is 0 Å². The fraction of sp³-hybridized carbons (Fsp3) is 0.381. The molecule has 2 heterocycles. The van der Waals surface area contributed by atoms with Crippen molar-refractivity contribution >= 4 is 5.91 Å². The zero-order valence-corrected chi connectivity index (χ0v) is 13.9. The van der Waals surface area contributed by atoms with E-state index in [1.165, 1.54) is 11.1 Å². The van der Waals surface area contributed by atoms with Gasteiger partial charge in [0.25, 0.3) is 5.91 Å². The fourth-order valence-electron chi connectivity index (χ4n) is 4.36. The van der Waals surface area contributed by atoms with Crippen molar-refractivity contribution in [1.82, 2.24) is 4.90 Å². The number of rotatable bonds is 2. The third-order valence-corrected chi connectivity index (χ3v) is 5.61. The van der Waals surface area contributed by atoms with Crippen LogP contribution in [0.25, 0.3) is 0 Å². The summed E-state index contributed by atoms with van der Waals surface area (Å²) in [4.78, 5) is 15.1. The molecule has 1 unspecified atom stereocenters. The monoisotopic (exact) mass is 323 g/mol. The molecule has 2 saturated heterocycles. The van der Waals surface area contributed by atoms with Crippen molar-refractivity contribution in [2.24, 2.45) is 0 Å². The normalized spacial score (nSPS) is 25.8. The second kappa shape index (κ2) is 6.04. The van der Waals surface area contributed by atoms with Gasteiger partial charge >= 0.3 is 0 Å². The molecule has 1 amide bonds. The number of nitrogens with zero attached hydrogens (tertiary/aromatic N) is 1. The number of amides is 1. The van der Waals surface area contributed by atoms with Gasteiger partial charge in [0.1, 0.15) is 5.82 Å². The maximum atomic E-state index is 13.2. The summed E-state index contributed by atoms with van der Waals surface area (Å²) in [5.41, 5.74) is 3.16. The van der Waals surface area contributed by atoms with E-state index < -0.39 is 0 Å². The third-order valence-electron chi connectivity index (χ3n) is 5.61. The molecule has 2 bridgehead atoms. The summed E-state index contributed by atoms with van der Waals surface area (Å²) in [6.45, 7) is 2.03. The Kier molecular flexibility index (Phi) is 3.87. The van der Waals surface area contributed by atoms with Gasteiger partial charge in [-0.05, 0) is 68.4 Å². The third kappa shape index (κ3) is 2.72. The van der Waals surface area contributed by atoms with E-state index in [0.29, 0.717) is 18.0 Å². The number of benzene rings is 2. The van der Waals surface area contributed by atoms with Crippen LogP contribution in [0, 0.1) is 12.7 Å². The predicted molar refractivity (Wildman–Crippen MR) is 92.5 cm³/mol. The second-order valence-corrected chi connectivity index (χ2v) is 7.18. The van der Waals surface area contributed by atoms with Gasteiger partial charge in [0.15, 0.2) is 0 Å². The molecule has 0 aromatic heterocycles. The molecule has 0 radical (unpaired) electrons. The van der Waals surface area contributed by atoms with Crippen molar-refractivity contribution in [3.8, 4) is 0 Å². The topological polar surface area (TPSA) is 20.3 Å². The summed E-state index contributed by atoms with van der Waals surface area (Å²) in [6, 6.07) is 15.4. The first-order valence-electron chi connectivity index (χ1n) is 8.76. The van der Waals surface area contributed by atoms with Gasteiger partial charge in [-0.2, -0.15) is 0 Å². The summed E-state index contributed by atoms with van der Waals surface area (Å²) < 4.78 is 13.2. The SMILES string of the molecule is Cc1ccc(C(=O)N2[C@@H]3CC[C@H]2CC(c2ccc(F)cc2)C3)cc1. The van der Waals surface area contributed by atoms with Crippen LogP contribution < -0.4 is 0 Å². The highest BCUT2D eigenvalue weighted by molar-refractivity contribution is 5.95. The Balaban J connectivity index is 1.53. The molecule has 2 aromatic carbocycles. The van der Waals surface area contributed by atoms with E-state index in [1.54, 1.807) is 12.1 Å². The molecule has 2 nitrogen and oxygen atoms in total. The Morgan fingerprint density at radius 2 is 1.54 bits per heavy atom. The van der Waals surface area contributed by atoms with E-state index in [9.17, 15) is 9.18 Å². The molecule has 124 valence electrons. The van der Waals surface area contributed by atoms with E-state index >= 15 is 0 Å². The van der Waals surface area contributed by atoms with Crippen molar-refractivity contribution in [2.45, 2.75) is 50.6 Å². The number of carbonyl (C=O) groups excluding carboxylic acids is 1. The van der Waals surface area contributed by atoms with Crippen LogP contribution in [0.4, 0.5) is 4.39 Å². The van der Waals surface area contributed by atoms with Gasteiger partial charge in [0.05, 0.1) is 0 Å². The van der Waals surface area contributed by atoms with Crippen LogP contribution in [0.15, 0.2) is 48.5 Å². The number of piperidine rings is 1. The van der Waals surface area contributed by atoms with Gasteiger partial charge in [-0.15, -0.1) is 0 Å². The Morgan fingerprint density at radius 3 is 2.12 bits per heavy atom. The van der Waals surface area contributed by atoms with Crippen molar-refractivity contribution in [2.75, 3.05) is 0 Å². The van der Waals surface area contributed by atoms with E-state index in [0.717, 1.165) is 31.2 Å². The highest BCUT2D eigenvalue weighted by Gasteiger charge is 2.43. The lowest BCUT2D eigenvalue weighted by atomic mass is 9.85. The molecule has 4 rings (SSSR count). The molecule has 2 aliphatic rings. The first kappa shape index (κ1) is 15.4. The van der Waals surface area contributed by atoms with Gasteiger partial charge < -0.3 is 4.90 Å². The lowest BCUT2D eigenvalue weighted by molar-refractivity contribution is 0.0571. The van der Waals surface area contributed by atoms with Gasteiger partial charge in [0.2, 0.25) is 0 Å². The number of fused-ring (bicyclic) bond motifs is 2. The first-order chi connectivity index (χ1) is 11.6. The van der Waals surface area contributed by atoms with Crippen LogP contribution in [-0.4, -0.2) is 22.9 Å². The zero-order valence-electron chi connectivity index (χ0n) is 13.9. The number of aryl methyl sites for hydroxylation is 1. The van der Waals surface area contributed by atoms with Crippen LogP contribution in [0.3, 0.4) is 0 Å². The Hall–Kier alpha value is -2.16. The molecule has 2 fully saturated rings. The minimum atomic E-state index is -0.186. The van der Waals surface area contributed by atoms with Crippen molar-refractivity contribution in [3.63, 3.8) is 0 Å². The van der Waals surface area contributed by atoms with Gasteiger partial charge in [-0.25, -0.2) is 4.39 Å². The molecular formula is C21H22FNO. The molecule has 3 heteroatoms. The predicted octanol–water partition coefficient (Wildman–Crippen LogP) is 4.68. The maximum absolute atomic E-state index is 13.2. The van der Waals surface area contributed by atoms with E-state index in [-0.39, 0.29) is 11.7 Å². The Morgan fingerprint density at radius 1 is 0.958 bits per heavy atom. The minimum absolute atomic E-state index is 0.167. The van der Waals surface area contributed by atoms with Crippen molar-refractivity contribution < 1.29 is 9.18 Å². The molecular weight excluding hydrogens is 301 g/mol. The van der Waals surface area contributed by atoms with Gasteiger partial charge in [-0.3, -0.25) is 4.79 Å². The van der Waals surface area contributed by atoms with Crippen molar-refractivity contribution in [3.05, 3.63) is 71.0 Å². The summed E-state index contributed by atoms with van der Waals surface area (Å²) in [5.74, 6) is 0.416.